The van der Waals surface area contributed by atoms with Crippen molar-refractivity contribution in [3.8, 4) is 0 Å². The van der Waals surface area contributed by atoms with Crippen LogP contribution in [0.4, 0.5) is 4.39 Å². The number of nitrogens with one attached hydrogen (secondary N) is 1. The predicted octanol–water partition coefficient (Wildman–Crippen LogP) is 0.824. The molecular formula is C10H15FN2O. The van der Waals surface area contributed by atoms with E-state index < -0.39 is 0 Å². The van der Waals surface area contributed by atoms with E-state index in [1.165, 1.54) is 0 Å². The first-order chi connectivity index (χ1) is 6.77. The summed E-state index contributed by atoms with van der Waals surface area (Å²) in [5.41, 5.74) is 0. The zero-order chi connectivity index (χ0) is 9.97. The summed E-state index contributed by atoms with van der Waals surface area (Å²) in [5.74, 6) is -0.117. The fraction of sp³-hybridized carbons (Fsp3) is 0.700. The molecule has 78 valence electrons. The molecule has 0 aromatic rings. The van der Waals surface area contributed by atoms with Crippen molar-refractivity contribution in [1.82, 2.24) is 10.2 Å². The zero-order valence-corrected chi connectivity index (χ0v) is 8.13. The predicted molar refractivity (Wildman–Crippen MR) is 51.4 cm³/mol. The van der Waals surface area contributed by atoms with Crippen molar-refractivity contribution >= 4 is 5.91 Å². The maximum Gasteiger partial charge on any atom is 0.240 e. The van der Waals surface area contributed by atoms with E-state index in [2.05, 4.69) is 5.32 Å². The van der Waals surface area contributed by atoms with E-state index in [1.807, 2.05) is 0 Å². The number of amides is 1. The summed E-state index contributed by atoms with van der Waals surface area (Å²) in [7, 11) is 0. The highest BCUT2D eigenvalue weighted by Gasteiger charge is 2.28. The highest BCUT2D eigenvalue weighted by atomic mass is 19.1. The first-order valence-corrected chi connectivity index (χ1v) is 5.14. The second-order valence-corrected chi connectivity index (χ2v) is 3.85. The van der Waals surface area contributed by atoms with E-state index in [-0.39, 0.29) is 24.3 Å². The van der Waals surface area contributed by atoms with Gasteiger partial charge in [-0.1, -0.05) is 0 Å². The molecule has 1 saturated heterocycles. The van der Waals surface area contributed by atoms with Crippen LogP contribution in [0.25, 0.3) is 0 Å². The third-order valence-electron chi connectivity index (χ3n) is 2.78. The summed E-state index contributed by atoms with van der Waals surface area (Å²) < 4.78 is 12.9. The van der Waals surface area contributed by atoms with Crippen LogP contribution >= 0.6 is 0 Å². The van der Waals surface area contributed by atoms with Gasteiger partial charge in [-0.2, -0.15) is 0 Å². The molecule has 3 nitrogen and oxygen atoms in total. The van der Waals surface area contributed by atoms with Gasteiger partial charge in [0.2, 0.25) is 5.91 Å². The number of hydrogen-bond acceptors (Lipinski definition) is 2. The minimum absolute atomic E-state index is 0.0609. The minimum atomic E-state index is -0.178. The van der Waals surface area contributed by atoms with Gasteiger partial charge in [-0.05, 0) is 31.9 Å². The molecule has 0 radical (unpaired) electrons. The standard InChI is InChI=1S/C10H15FN2O/c11-8-3-2-6-13(7-8)10(14)9-4-1-5-12-9/h3,9,12H,1-2,4-7H2. The maximum atomic E-state index is 12.9. The van der Waals surface area contributed by atoms with Crippen molar-refractivity contribution in [2.75, 3.05) is 19.6 Å². The number of nitrogens with zero attached hydrogens (tertiary/aromatic N) is 1. The molecule has 2 aliphatic heterocycles. The normalized spacial score (nSPS) is 27.6. The van der Waals surface area contributed by atoms with Gasteiger partial charge in [0.1, 0.15) is 5.83 Å². The Kier molecular flexibility index (Phi) is 2.82. The first-order valence-electron chi connectivity index (χ1n) is 5.14. The van der Waals surface area contributed by atoms with Crippen LogP contribution < -0.4 is 5.32 Å². The van der Waals surface area contributed by atoms with E-state index in [9.17, 15) is 9.18 Å². The molecule has 0 aromatic heterocycles. The van der Waals surface area contributed by atoms with Crippen LogP contribution in [0.5, 0.6) is 0 Å². The SMILES string of the molecule is O=C(C1CCCN1)N1CCC=C(F)C1. The van der Waals surface area contributed by atoms with Gasteiger partial charge in [0, 0.05) is 6.54 Å². The third-order valence-corrected chi connectivity index (χ3v) is 2.78. The van der Waals surface area contributed by atoms with Crippen LogP contribution in [0.2, 0.25) is 0 Å². The van der Waals surface area contributed by atoms with Gasteiger partial charge in [-0.3, -0.25) is 4.79 Å². The molecule has 0 bridgehead atoms. The van der Waals surface area contributed by atoms with Crippen LogP contribution in [0.3, 0.4) is 0 Å². The van der Waals surface area contributed by atoms with E-state index in [1.54, 1.807) is 11.0 Å². The smallest absolute Gasteiger partial charge is 0.240 e. The van der Waals surface area contributed by atoms with E-state index in [0.717, 1.165) is 19.4 Å². The first kappa shape index (κ1) is 9.65. The molecule has 1 N–H and O–H groups in total. The zero-order valence-electron chi connectivity index (χ0n) is 8.13. The highest BCUT2D eigenvalue weighted by molar-refractivity contribution is 5.82. The molecule has 4 heteroatoms. The third kappa shape index (κ3) is 1.95. The van der Waals surface area contributed by atoms with Gasteiger partial charge >= 0.3 is 0 Å². The Labute approximate surface area is 83.0 Å². The summed E-state index contributed by atoms with van der Waals surface area (Å²) >= 11 is 0. The fourth-order valence-electron chi connectivity index (χ4n) is 2.01. The Balaban J connectivity index is 1.94. The molecule has 2 rings (SSSR count). The van der Waals surface area contributed by atoms with Gasteiger partial charge in [0.15, 0.2) is 0 Å². The maximum absolute atomic E-state index is 12.9. The van der Waals surface area contributed by atoms with E-state index in [4.69, 9.17) is 0 Å². The summed E-state index contributed by atoms with van der Waals surface area (Å²) in [5, 5.41) is 3.14. The van der Waals surface area contributed by atoms with Crippen LogP contribution in [-0.2, 0) is 4.79 Å². The van der Waals surface area contributed by atoms with Crippen molar-refractivity contribution in [2.45, 2.75) is 25.3 Å². The van der Waals surface area contributed by atoms with Crippen molar-refractivity contribution in [3.05, 3.63) is 11.9 Å². The average molecular weight is 198 g/mol. The monoisotopic (exact) mass is 198 g/mol. The lowest BCUT2D eigenvalue weighted by molar-refractivity contribution is -0.133. The second-order valence-electron chi connectivity index (χ2n) is 3.85. The minimum Gasteiger partial charge on any atom is -0.334 e. The number of hydrogen-bond donors (Lipinski definition) is 1. The van der Waals surface area contributed by atoms with E-state index >= 15 is 0 Å². The summed E-state index contributed by atoms with van der Waals surface area (Å²) in [6, 6.07) is -0.0686. The van der Waals surface area contributed by atoms with Gasteiger partial charge in [-0.25, -0.2) is 4.39 Å². The van der Waals surface area contributed by atoms with Gasteiger partial charge in [-0.15, -0.1) is 0 Å². The number of halogens is 1. The summed E-state index contributed by atoms with van der Waals surface area (Å²) in [6.45, 7) is 1.73. The molecule has 14 heavy (non-hydrogen) atoms. The largest absolute Gasteiger partial charge is 0.334 e. The molecule has 1 atom stereocenters. The van der Waals surface area contributed by atoms with Crippen LogP contribution in [-0.4, -0.2) is 36.5 Å². The lowest BCUT2D eigenvalue weighted by atomic mass is 10.1. The molecular weight excluding hydrogens is 183 g/mol. The molecule has 1 fully saturated rings. The van der Waals surface area contributed by atoms with Crippen molar-refractivity contribution < 1.29 is 9.18 Å². The molecule has 0 spiro atoms. The van der Waals surface area contributed by atoms with Crippen LogP contribution in [0, 0.1) is 0 Å². The second kappa shape index (κ2) is 4.09. The lowest BCUT2D eigenvalue weighted by Crippen LogP contribution is -2.45. The van der Waals surface area contributed by atoms with E-state index in [0.29, 0.717) is 13.0 Å². The van der Waals surface area contributed by atoms with Gasteiger partial charge in [0.25, 0.3) is 0 Å². The molecule has 1 amide bonds. The molecule has 2 heterocycles. The average Bonchev–Trinajstić information content (AvgIpc) is 2.69. The van der Waals surface area contributed by atoms with Gasteiger partial charge < -0.3 is 10.2 Å². The molecule has 2 aliphatic rings. The Hall–Kier alpha value is -0.900. The molecule has 0 saturated carbocycles. The summed E-state index contributed by atoms with van der Waals surface area (Å²) in [4.78, 5) is 13.4. The van der Waals surface area contributed by atoms with Crippen LogP contribution in [0.15, 0.2) is 11.9 Å². The Morgan fingerprint density at radius 1 is 1.64 bits per heavy atom. The molecule has 0 aliphatic carbocycles. The van der Waals surface area contributed by atoms with Crippen molar-refractivity contribution in [2.24, 2.45) is 0 Å². The highest BCUT2D eigenvalue weighted by Crippen LogP contribution is 2.14. The molecule has 0 aromatic carbocycles. The fourth-order valence-corrected chi connectivity index (χ4v) is 2.01. The molecule has 1 unspecified atom stereocenters. The Morgan fingerprint density at radius 2 is 2.50 bits per heavy atom. The quantitative estimate of drug-likeness (QED) is 0.676. The Morgan fingerprint density at radius 3 is 3.14 bits per heavy atom. The van der Waals surface area contributed by atoms with Gasteiger partial charge in [0.05, 0.1) is 12.6 Å². The van der Waals surface area contributed by atoms with Crippen molar-refractivity contribution in [3.63, 3.8) is 0 Å². The number of carbonyl (C=O) groups is 1. The topological polar surface area (TPSA) is 32.3 Å². The number of carbonyl (C=O) groups excluding carboxylic acids is 1. The number of rotatable bonds is 1. The Bertz CT molecular complexity index is 259. The summed E-state index contributed by atoms with van der Waals surface area (Å²) in [6.07, 6.45) is 4.14. The lowest BCUT2D eigenvalue weighted by Gasteiger charge is -2.27. The van der Waals surface area contributed by atoms with Crippen molar-refractivity contribution in [1.29, 1.82) is 0 Å². The van der Waals surface area contributed by atoms with Crippen LogP contribution in [0.1, 0.15) is 19.3 Å².